The van der Waals surface area contributed by atoms with Gasteiger partial charge in [-0.2, -0.15) is 5.10 Å². The lowest BCUT2D eigenvalue weighted by molar-refractivity contribution is 0.101. The topological polar surface area (TPSA) is 59.8 Å². The molecule has 0 saturated heterocycles. The largest absolute Gasteiger partial charge is 0.305 e. The Morgan fingerprint density at radius 3 is 2.78 bits per heavy atom. The van der Waals surface area contributed by atoms with Gasteiger partial charge in [0.1, 0.15) is 11.5 Å². The average Bonchev–Trinajstić information content (AvgIpc) is 2.70. The molecule has 1 amide bonds. The minimum Gasteiger partial charge on any atom is -0.305 e. The summed E-state index contributed by atoms with van der Waals surface area (Å²) in [4.78, 5) is 16.3. The van der Waals surface area contributed by atoms with Crippen molar-refractivity contribution in [3.05, 3.63) is 41.3 Å². The van der Waals surface area contributed by atoms with Gasteiger partial charge in [-0.25, -0.2) is 4.98 Å². The zero-order valence-corrected chi connectivity index (χ0v) is 10.8. The van der Waals surface area contributed by atoms with Gasteiger partial charge in [-0.05, 0) is 39.0 Å². The van der Waals surface area contributed by atoms with Gasteiger partial charge >= 0.3 is 0 Å². The van der Waals surface area contributed by atoms with Crippen LogP contribution in [-0.2, 0) is 6.54 Å². The van der Waals surface area contributed by atoms with Crippen LogP contribution in [0.3, 0.4) is 0 Å². The highest BCUT2D eigenvalue weighted by molar-refractivity contribution is 6.02. The molecule has 0 aliphatic heterocycles. The molecule has 0 radical (unpaired) electrons. The molecule has 0 fully saturated rings. The van der Waals surface area contributed by atoms with Crippen LogP contribution in [-0.4, -0.2) is 20.7 Å². The molecular formula is C13H16N4O. The molecule has 94 valence electrons. The van der Waals surface area contributed by atoms with Crippen LogP contribution in [0.2, 0.25) is 0 Å². The molecule has 0 spiro atoms. The van der Waals surface area contributed by atoms with Gasteiger partial charge in [-0.3, -0.25) is 9.48 Å². The molecule has 5 nitrogen and oxygen atoms in total. The molecule has 0 aliphatic carbocycles. The summed E-state index contributed by atoms with van der Waals surface area (Å²) < 4.78 is 1.68. The summed E-state index contributed by atoms with van der Waals surface area (Å²) in [6, 6.07) is 7.29. The molecule has 0 aromatic carbocycles. The van der Waals surface area contributed by atoms with Crippen LogP contribution in [0.5, 0.6) is 0 Å². The van der Waals surface area contributed by atoms with E-state index in [4.69, 9.17) is 0 Å². The van der Waals surface area contributed by atoms with Crippen molar-refractivity contribution in [2.75, 3.05) is 5.32 Å². The summed E-state index contributed by atoms with van der Waals surface area (Å²) in [5, 5.41) is 7.02. The summed E-state index contributed by atoms with van der Waals surface area (Å²) in [7, 11) is 0. The van der Waals surface area contributed by atoms with Crippen molar-refractivity contribution in [2.24, 2.45) is 0 Å². The summed E-state index contributed by atoms with van der Waals surface area (Å²) in [6.45, 7) is 6.37. The smallest absolute Gasteiger partial charge is 0.275 e. The van der Waals surface area contributed by atoms with Crippen molar-refractivity contribution in [2.45, 2.75) is 27.3 Å². The van der Waals surface area contributed by atoms with Crippen molar-refractivity contribution >= 4 is 11.7 Å². The van der Waals surface area contributed by atoms with E-state index in [1.165, 1.54) is 0 Å². The number of rotatable bonds is 3. The Bertz CT molecular complexity index is 574. The lowest BCUT2D eigenvalue weighted by atomic mass is 10.3. The van der Waals surface area contributed by atoms with Crippen molar-refractivity contribution in [1.82, 2.24) is 14.8 Å². The number of hydrogen-bond acceptors (Lipinski definition) is 3. The summed E-state index contributed by atoms with van der Waals surface area (Å²) in [5.41, 5.74) is 2.26. The zero-order valence-electron chi connectivity index (χ0n) is 10.8. The number of nitrogens with one attached hydrogen (secondary N) is 1. The summed E-state index contributed by atoms with van der Waals surface area (Å²) in [5.74, 6) is 0.372. The Labute approximate surface area is 106 Å². The van der Waals surface area contributed by atoms with E-state index in [1.54, 1.807) is 16.8 Å². The average molecular weight is 244 g/mol. The van der Waals surface area contributed by atoms with E-state index in [0.717, 1.165) is 11.4 Å². The fourth-order valence-electron chi connectivity index (χ4n) is 1.76. The van der Waals surface area contributed by atoms with Crippen LogP contribution >= 0.6 is 0 Å². The number of anilines is 1. The predicted molar refractivity (Wildman–Crippen MR) is 69.6 cm³/mol. The van der Waals surface area contributed by atoms with Crippen LogP contribution in [0, 0.1) is 13.8 Å². The van der Waals surface area contributed by atoms with Crippen LogP contribution in [0.25, 0.3) is 0 Å². The van der Waals surface area contributed by atoms with Gasteiger partial charge in [0, 0.05) is 12.2 Å². The van der Waals surface area contributed by atoms with E-state index in [9.17, 15) is 4.79 Å². The Morgan fingerprint density at radius 1 is 1.33 bits per heavy atom. The van der Waals surface area contributed by atoms with E-state index in [2.05, 4.69) is 15.4 Å². The minimum atomic E-state index is -0.185. The monoisotopic (exact) mass is 244 g/mol. The number of hydrogen-bond donors (Lipinski definition) is 1. The Kier molecular flexibility index (Phi) is 3.41. The standard InChI is InChI=1S/C13H16N4O/c1-4-17-11(8-10(3)16-17)13(18)15-12-7-5-6-9(2)14-12/h5-8H,4H2,1-3H3,(H,14,15,18). The number of amides is 1. The molecule has 1 N–H and O–H groups in total. The predicted octanol–water partition coefficient (Wildman–Crippen LogP) is 2.17. The second kappa shape index (κ2) is 5.00. The third-order valence-corrected chi connectivity index (χ3v) is 2.56. The fourth-order valence-corrected chi connectivity index (χ4v) is 1.76. The summed E-state index contributed by atoms with van der Waals surface area (Å²) in [6.07, 6.45) is 0. The van der Waals surface area contributed by atoms with E-state index >= 15 is 0 Å². The first kappa shape index (κ1) is 12.3. The van der Waals surface area contributed by atoms with Crippen LogP contribution in [0.4, 0.5) is 5.82 Å². The second-order valence-electron chi connectivity index (χ2n) is 4.11. The minimum absolute atomic E-state index is 0.185. The SMILES string of the molecule is CCn1nc(C)cc1C(=O)Nc1cccc(C)n1. The third kappa shape index (κ3) is 2.56. The van der Waals surface area contributed by atoms with Gasteiger partial charge in [-0.15, -0.1) is 0 Å². The third-order valence-electron chi connectivity index (χ3n) is 2.56. The van der Waals surface area contributed by atoms with Gasteiger partial charge < -0.3 is 5.32 Å². The first-order chi connectivity index (χ1) is 8.60. The highest BCUT2D eigenvalue weighted by Crippen LogP contribution is 2.09. The maximum absolute atomic E-state index is 12.1. The quantitative estimate of drug-likeness (QED) is 0.900. The molecule has 5 heteroatoms. The zero-order chi connectivity index (χ0) is 13.1. The van der Waals surface area contributed by atoms with Crippen molar-refractivity contribution in [3.8, 4) is 0 Å². The van der Waals surface area contributed by atoms with Crippen molar-refractivity contribution < 1.29 is 4.79 Å². The molecule has 2 rings (SSSR count). The molecule has 0 bridgehead atoms. The molecule has 18 heavy (non-hydrogen) atoms. The van der Waals surface area contributed by atoms with Gasteiger partial charge in [0.2, 0.25) is 0 Å². The fraction of sp³-hybridized carbons (Fsp3) is 0.308. The van der Waals surface area contributed by atoms with Gasteiger partial charge in [0.05, 0.1) is 5.69 Å². The normalized spacial score (nSPS) is 10.4. The molecule has 0 aliphatic rings. The van der Waals surface area contributed by atoms with Crippen LogP contribution in [0.15, 0.2) is 24.3 Å². The van der Waals surface area contributed by atoms with Gasteiger partial charge in [0.15, 0.2) is 0 Å². The number of carbonyl (C=O) groups is 1. The molecule has 2 aromatic heterocycles. The molecule has 0 atom stereocenters. The Balaban J connectivity index is 2.21. The number of aromatic nitrogens is 3. The second-order valence-corrected chi connectivity index (χ2v) is 4.11. The lowest BCUT2D eigenvalue weighted by Gasteiger charge is -2.06. The first-order valence-electron chi connectivity index (χ1n) is 5.89. The number of carbonyl (C=O) groups excluding carboxylic acids is 1. The first-order valence-corrected chi connectivity index (χ1v) is 5.89. The van der Waals surface area contributed by atoms with Crippen molar-refractivity contribution in [3.63, 3.8) is 0 Å². The molecule has 2 aromatic rings. The van der Waals surface area contributed by atoms with Gasteiger partial charge in [0.25, 0.3) is 5.91 Å². The Morgan fingerprint density at radius 2 is 2.11 bits per heavy atom. The van der Waals surface area contributed by atoms with Crippen LogP contribution < -0.4 is 5.32 Å². The van der Waals surface area contributed by atoms with Gasteiger partial charge in [-0.1, -0.05) is 6.07 Å². The molecular weight excluding hydrogens is 228 g/mol. The maximum Gasteiger partial charge on any atom is 0.275 e. The van der Waals surface area contributed by atoms with E-state index in [1.807, 2.05) is 32.9 Å². The highest BCUT2D eigenvalue weighted by atomic mass is 16.2. The van der Waals surface area contributed by atoms with E-state index in [0.29, 0.717) is 18.1 Å². The van der Waals surface area contributed by atoms with Crippen molar-refractivity contribution in [1.29, 1.82) is 0 Å². The molecule has 0 saturated carbocycles. The number of pyridine rings is 1. The van der Waals surface area contributed by atoms with E-state index in [-0.39, 0.29) is 5.91 Å². The summed E-state index contributed by atoms with van der Waals surface area (Å²) >= 11 is 0. The lowest BCUT2D eigenvalue weighted by Crippen LogP contribution is -2.18. The number of nitrogens with zero attached hydrogens (tertiary/aromatic N) is 3. The molecule has 2 heterocycles. The highest BCUT2D eigenvalue weighted by Gasteiger charge is 2.13. The number of aryl methyl sites for hydroxylation is 3. The molecule has 0 unspecified atom stereocenters. The van der Waals surface area contributed by atoms with Crippen LogP contribution in [0.1, 0.15) is 28.8 Å². The Hall–Kier alpha value is -2.17. The van der Waals surface area contributed by atoms with E-state index < -0.39 is 0 Å². The maximum atomic E-state index is 12.1.